The van der Waals surface area contributed by atoms with Crippen molar-refractivity contribution in [1.82, 2.24) is 0 Å². The molecular formula is C14H21NO. The van der Waals surface area contributed by atoms with Crippen LogP contribution < -0.4 is 4.90 Å². The molecule has 1 aromatic rings. The van der Waals surface area contributed by atoms with E-state index in [4.69, 9.17) is 5.11 Å². The Morgan fingerprint density at radius 3 is 2.31 bits per heavy atom. The van der Waals surface area contributed by atoms with E-state index in [2.05, 4.69) is 29.2 Å². The van der Waals surface area contributed by atoms with Crippen molar-refractivity contribution >= 4 is 5.69 Å². The van der Waals surface area contributed by atoms with Gasteiger partial charge >= 0.3 is 0 Å². The molecule has 2 nitrogen and oxygen atoms in total. The lowest BCUT2D eigenvalue weighted by Gasteiger charge is -2.28. The molecule has 0 unspecified atom stereocenters. The minimum atomic E-state index is 0.286. The second kappa shape index (κ2) is 5.90. The molecule has 2 heteroatoms. The maximum Gasteiger partial charge on any atom is 0.0434 e. The SMILES string of the molecule is OCCCc1ccc(N2CCCCC2)cc1. The number of benzene rings is 1. The van der Waals surface area contributed by atoms with Gasteiger partial charge in [-0.05, 0) is 49.8 Å². The number of hydrogen-bond donors (Lipinski definition) is 1. The first-order valence-electron chi connectivity index (χ1n) is 6.35. The highest BCUT2D eigenvalue weighted by Gasteiger charge is 2.10. The van der Waals surface area contributed by atoms with Gasteiger partial charge in [0.1, 0.15) is 0 Å². The normalized spacial score (nSPS) is 16.4. The Morgan fingerprint density at radius 1 is 1.00 bits per heavy atom. The van der Waals surface area contributed by atoms with Crippen LogP contribution in [-0.2, 0) is 6.42 Å². The summed E-state index contributed by atoms with van der Waals surface area (Å²) in [6.07, 6.45) is 5.88. The summed E-state index contributed by atoms with van der Waals surface area (Å²) in [6, 6.07) is 8.83. The second-order valence-electron chi connectivity index (χ2n) is 4.54. The molecule has 0 amide bonds. The zero-order valence-corrected chi connectivity index (χ0v) is 9.86. The number of rotatable bonds is 4. The first-order valence-corrected chi connectivity index (χ1v) is 6.35. The Kier molecular flexibility index (Phi) is 4.23. The molecule has 1 N–H and O–H groups in total. The van der Waals surface area contributed by atoms with Crippen molar-refractivity contribution in [1.29, 1.82) is 0 Å². The van der Waals surface area contributed by atoms with Crippen LogP contribution in [0.25, 0.3) is 0 Å². The quantitative estimate of drug-likeness (QED) is 0.841. The van der Waals surface area contributed by atoms with Gasteiger partial charge in [-0.15, -0.1) is 0 Å². The van der Waals surface area contributed by atoms with E-state index in [1.165, 1.54) is 43.6 Å². The first-order chi connectivity index (χ1) is 7.90. The molecule has 0 saturated carbocycles. The summed E-state index contributed by atoms with van der Waals surface area (Å²) in [5, 5.41) is 8.78. The van der Waals surface area contributed by atoms with E-state index in [1.54, 1.807) is 0 Å². The van der Waals surface area contributed by atoms with Crippen LogP contribution in [-0.4, -0.2) is 24.8 Å². The van der Waals surface area contributed by atoms with E-state index >= 15 is 0 Å². The minimum absolute atomic E-state index is 0.286. The third-order valence-corrected chi connectivity index (χ3v) is 3.28. The van der Waals surface area contributed by atoms with Gasteiger partial charge in [0.05, 0.1) is 0 Å². The molecule has 0 radical (unpaired) electrons. The van der Waals surface area contributed by atoms with E-state index in [0.717, 1.165) is 12.8 Å². The number of hydrogen-bond acceptors (Lipinski definition) is 2. The number of nitrogens with zero attached hydrogens (tertiary/aromatic N) is 1. The van der Waals surface area contributed by atoms with Crippen molar-refractivity contribution in [2.45, 2.75) is 32.1 Å². The molecule has 1 aliphatic rings. The van der Waals surface area contributed by atoms with E-state index in [0.29, 0.717) is 0 Å². The summed E-state index contributed by atoms with van der Waals surface area (Å²) in [5.41, 5.74) is 2.68. The topological polar surface area (TPSA) is 23.5 Å². The molecule has 0 aliphatic carbocycles. The fraction of sp³-hybridized carbons (Fsp3) is 0.571. The molecule has 2 rings (SSSR count). The predicted octanol–water partition coefficient (Wildman–Crippen LogP) is 2.60. The fourth-order valence-corrected chi connectivity index (χ4v) is 2.31. The summed E-state index contributed by atoms with van der Waals surface area (Å²) >= 11 is 0. The van der Waals surface area contributed by atoms with Crippen LogP contribution in [0.2, 0.25) is 0 Å². The molecule has 1 saturated heterocycles. The maximum atomic E-state index is 8.78. The van der Waals surface area contributed by atoms with Crippen molar-refractivity contribution < 1.29 is 5.11 Å². The highest BCUT2D eigenvalue weighted by atomic mass is 16.2. The van der Waals surface area contributed by atoms with Crippen LogP contribution in [0.15, 0.2) is 24.3 Å². The smallest absolute Gasteiger partial charge is 0.0434 e. The largest absolute Gasteiger partial charge is 0.396 e. The van der Waals surface area contributed by atoms with Crippen molar-refractivity contribution in [2.24, 2.45) is 0 Å². The molecule has 0 spiro atoms. The number of piperidine rings is 1. The van der Waals surface area contributed by atoms with E-state index < -0.39 is 0 Å². The van der Waals surface area contributed by atoms with Gasteiger partial charge in [0, 0.05) is 25.4 Å². The summed E-state index contributed by atoms with van der Waals surface area (Å²) in [4.78, 5) is 2.47. The Morgan fingerprint density at radius 2 is 1.69 bits per heavy atom. The van der Waals surface area contributed by atoms with E-state index in [9.17, 15) is 0 Å². The van der Waals surface area contributed by atoms with E-state index in [1.807, 2.05) is 0 Å². The third kappa shape index (κ3) is 2.99. The second-order valence-corrected chi connectivity index (χ2v) is 4.54. The Hall–Kier alpha value is -1.02. The predicted molar refractivity (Wildman–Crippen MR) is 67.9 cm³/mol. The van der Waals surface area contributed by atoms with Crippen LogP contribution in [0, 0.1) is 0 Å². The Balaban J connectivity index is 1.95. The highest BCUT2D eigenvalue weighted by Crippen LogP contribution is 2.20. The van der Waals surface area contributed by atoms with Gasteiger partial charge in [-0.3, -0.25) is 0 Å². The van der Waals surface area contributed by atoms with Crippen LogP contribution in [0.3, 0.4) is 0 Å². The molecule has 0 atom stereocenters. The number of aliphatic hydroxyl groups is 1. The number of aryl methyl sites for hydroxylation is 1. The lowest BCUT2D eigenvalue weighted by molar-refractivity contribution is 0.288. The average molecular weight is 219 g/mol. The highest BCUT2D eigenvalue weighted by molar-refractivity contribution is 5.47. The Bertz CT molecular complexity index is 301. The molecule has 16 heavy (non-hydrogen) atoms. The summed E-state index contributed by atoms with van der Waals surface area (Å²) < 4.78 is 0. The number of aliphatic hydroxyl groups excluding tert-OH is 1. The lowest BCUT2D eigenvalue weighted by atomic mass is 10.1. The first kappa shape index (κ1) is 11.5. The standard InChI is InChI=1S/C14H21NO/c16-12-4-5-13-6-8-14(9-7-13)15-10-2-1-3-11-15/h6-9,16H,1-5,10-12H2. The van der Waals surface area contributed by atoms with Gasteiger partial charge in [-0.2, -0.15) is 0 Å². The fourth-order valence-electron chi connectivity index (χ4n) is 2.31. The third-order valence-electron chi connectivity index (χ3n) is 3.28. The summed E-state index contributed by atoms with van der Waals surface area (Å²) in [6.45, 7) is 2.69. The van der Waals surface area contributed by atoms with Gasteiger partial charge in [0.25, 0.3) is 0 Å². The average Bonchev–Trinajstić information content (AvgIpc) is 2.38. The van der Waals surface area contributed by atoms with Crippen molar-refractivity contribution in [3.05, 3.63) is 29.8 Å². The van der Waals surface area contributed by atoms with Crippen LogP contribution >= 0.6 is 0 Å². The van der Waals surface area contributed by atoms with Gasteiger partial charge < -0.3 is 10.0 Å². The molecule has 1 aliphatic heterocycles. The lowest BCUT2D eigenvalue weighted by Crippen LogP contribution is -2.29. The van der Waals surface area contributed by atoms with Gasteiger partial charge in [-0.1, -0.05) is 12.1 Å². The zero-order valence-electron chi connectivity index (χ0n) is 9.86. The molecular weight excluding hydrogens is 198 g/mol. The molecule has 88 valence electrons. The van der Waals surface area contributed by atoms with Crippen molar-refractivity contribution in [3.63, 3.8) is 0 Å². The molecule has 0 aromatic heterocycles. The van der Waals surface area contributed by atoms with Gasteiger partial charge in [0.15, 0.2) is 0 Å². The number of anilines is 1. The minimum Gasteiger partial charge on any atom is -0.396 e. The molecule has 1 aromatic carbocycles. The zero-order chi connectivity index (χ0) is 11.2. The maximum absolute atomic E-state index is 8.78. The van der Waals surface area contributed by atoms with Gasteiger partial charge in [-0.25, -0.2) is 0 Å². The monoisotopic (exact) mass is 219 g/mol. The molecule has 1 heterocycles. The summed E-state index contributed by atoms with van der Waals surface area (Å²) in [5.74, 6) is 0. The molecule has 1 fully saturated rings. The van der Waals surface area contributed by atoms with Crippen LogP contribution in [0.4, 0.5) is 5.69 Å². The van der Waals surface area contributed by atoms with Crippen molar-refractivity contribution in [2.75, 3.05) is 24.6 Å². The summed E-state index contributed by atoms with van der Waals surface area (Å²) in [7, 11) is 0. The Labute approximate surface area is 97.9 Å². The van der Waals surface area contributed by atoms with Gasteiger partial charge in [0.2, 0.25) is 0 Å². The van der Waals surface area contributed by atoms with Crippen LogP contribution in [0.5, 0.6) is 0 Å². The molecule has 0 bridgehead atoms. The van der Waals surface area contributed by atoms with E-state index in [-0.39, 0.29) is 6.61 Å². The van der Waals surface area contributed by atoms with Crippen molar-refractivity contribution in [3.8, 4) is 0 Å². The van der Waals surface area contributed by atoms with Crippen LogP contribution in [0.1, 0.15) is 31.2 Å².